The summed E-state index contributed by atoms with van der Waals surface area (Å²) in [5.74, 6) is 0.692. The van der Waals surface area contributed by atoms with Crippen LogP contribution in [0.1, 0.15) is 20.3 Å². The molecule has 14 heavy (non-hydrogen) atoms. The topological polar surface area (TPSA) is 12.0 Å². The highest BCUT2D eigenvalue weighted by Gasteiger charge is 2.00. The Morgan fingerprint density at radius 1 is 1.50 bits per heavy atom. The van der Waals surface area contributed by atoms with Crippen molar-refractivity contribution in [3.05, 3.63) is 27.7 Å². The maximum absolute atomic E-state index is 5.98. The van der Waals surface area contributed by atoms with Crippen LogP contribution >= 0.6 is 27.5 Å². The van der Waals surface area contributed by atoms with Gasteiger partial charge in [0.25, 0.3) is 0 Å². The molecule has 0 amide bonds. The van der Waals surface area contributed by atoms with Gasteiger partial charge in [-0.3, -0.25) is 0 Å². The fourth-order valence-corrected chi connectivity index (χ4v) is 1.47. The van der Waals surface area contributed by atoms with Crippen molar-refractivity contribution in [1.29, 1.82) is 0 Å². The fraction of sp³-hybridized carbons (Fsp3) is 0.455. The molecule has 0 radical (unpaired) electrons. The summed E-state index contributed by atoms with van der Waals surface area (Å²) < 4.78 is 0.938. The van der Waals surface area contributed by atoms with Gasteiger partial charge in [0, 0.05) is 16.7 Å². The van der Waals surface area contributed by atoms with Crippen molar-refractivity contribution in [2.75, 3.05) is 11.9 Å². The number of rotatable bonds is 4. The van der Waals surface area contributed by atoms with Gasteiger partial charge in [-0.1, -0.05) is 31.9 Å². The molecule has 78 valence electrons. The molecule has 1 atom stereocenters. The van der Waals surface area contributed by atoms with Gasteiger partial charge < -0.3 is 5.32 Å². The monoisotopic (exact) mass is 275 g/mol. The SMILES string of the molecule is CCC(C)CNc1ccc(Br)c(Cl)c1. The van der Waals surface area contributed by atoms with E-state index in [2.05, 4.69) is 35.1 Å². The highest BCUT2D eigenvalue weighted by Crippen LogP contribution is 2.25. The molecule has 0 aromatic heterocycles. The largest absolute Gasteiger partial charge is 0.385 e. The first-order chi connectivity index (χ1) is 6.63. The van der Waals surface area contributed by atoms with E-state index in [0.717, 1.165) is 21.7 Å². The quantitative estimate of drug-likeness (QED) is 0.850. The molecule has 1 aromatic carbocycles. The summed E-state index contributed by atoms with van der Waals surface area (Å²) in [6, 6.07) is 5.92. The van der Waals surface area contributed by atoms with Crippen molar-refractivity contribution >= 4 is 33.2 Å². The van der Waals surface area contributed by atoms with Crippen molar-refractivity contribution in [2.24, 2.45) is 5.92 Å². The standard InChI is InChI=1S/C11H15BrClN/c1-3-8(2)7-14-9-4-5-10(12)11(13)6-9/h4-6,8,14H,3,7H2,1-2H3. The maximum Gasteiger partial charge on any atom is 0.0568 e. The maximum atomic E-state index is 5.98. The minimum atomic E-state index is 0.692. The van der Waals surface area contributed by atoms with E-state index in [4.69, 9.17) is 11.6 Å². The molecule has 0 aliphatic rings. The van der Waals surface area contributed by atoms with Gasteiger partial charge >= 0.3 is 0 Å². The Bertz CT molecular complexity index is 301. The molecule has 0 spiro atoms. The second-order valence-corrected chi connectivity index (χ2v) is 4.78. The van der Waals surface area contributed by atoms with Crippen molar-refractivity contribution in [1.82, 2.24) is 0 Å². The minimum Gasteiger partial charge on any atom is -0.385 e. The first kappa shape index (κ1) is 11.9. The van der Waals surface area contributed by atoms with E-state index in [1.807, 2.05) is 18.2 Å². The highest BCUT2D eigenvalue weighted by atomic mass is 79.9. The number of nitrogens with one attached hydrogen (secondary N) is 1. The van der Waals surface area contributed by atoms with E-state index in [1.54, 1.807) is 0 Å². The summed E-state index contributed by atoms with van der Waals surface area (Å²) in [7, 11) is 0. The van der Waals surface area contributed by atoms with Gasteiger partial charge in [-0.25, -0.2) is 0 Å². The molecule has 3 heteroatoms. The van der Waals surface area contributed by atoms with Crippen LogP contribution in [0, 0.1) is 5.92 Å². The summed E-state index contributed by atoms with van der Waals surface area (Å²) in [6.07, 6.45) is 1.19. The molecule has 1 rings (SSSR count). The third-order valence-corrected chi connectivity index (χ3v) is 3.50. The molecular formula is C11H15BrClN. The zero-order valence-corrected chi connectivity index (χ0v) is 10.8. The molecular weight excluding hydrogens is 261 g/mol. The van der Waals surface area contributed by atoms with E-state index in [0.29, 0.717) is 5.92 Å². The van der Waals surface area contributed by atoms with Gasteiger partial charge in [-0.05, 0) is 40.0 Å². The normalized spacial score (nSPS) is 12.6. The zero-order valence-electron chi connectivity index (χ0n) is 8.48. The van der Waals surface area contributed by atoms with Crippen LogP contribution in [0.15, 0.2) is 22.7 Å². The molecule has 1 nitrogen and oxygen atoms in total. The average molecular weight is 277 g/mol. The van der Waals surface area contributed by atoms with E-state index < -0.39 is 0 Å². The lowest BCUT2D eigenvalue weighted by atomic mass is 10.1. The second kappa shape index (κ2) is 5.62. The summed E-state index contributed by atoms with van der Waals surface area (Å²) in [5.41, 5.74) is 1.08. The van der Waals surface area contributed by atoms with E-state index in [1.165, 1.54) is 6.42 Å². The summed E-state index contributed by atoms with van der Waals surface area (Å²) in [4.78, 5) is 0. The van der Waals surface area contributed by atoms with Gasteiger partial charge in [-0.2, -0.15) is 0 Å². The smallest absolute Gasteiger partial charge is 0.0568 e. The van der Waals surface area contributed by atoms with Crippen LogP contribution in [0.2, 0.25) is 5.02 Å². The molecule has 1 unspecified atom stereocenters. The van der Waals surface area contributed by atoms with Crippen molar-refractivity contribution in [3.8, 4) is 0 Å². The zero-order chi connectivity index (χ0) is 10.6. The third kappa shape index (κ3) is 3.50. The molecule has 0 saturated carbocycles. The lowest BCUT2D eigenvalue weighted by Crippen LogP contribution is -2.09. The summed E-state index contributed by atoms with van der Waals surface area (Å²) in [5, 5.41) is 4.11. The van der Waals surface area contributed by atoms with Crippen LogP contribution in [-0.2, 0) is 0 Å². The summed E-state index contributed by atoms with van der Waals surface area (Å²) in [6.45, 7) is 5.42. The fourth-order valence-electron chi connectivity index (χ4n) is 1.04. The Balaban J connectivity index is 2.55. The number of halogens is 2. The highest BCUT2D eigenvalue weighted by molar-refractivity contribution is 9.10. The number of hydrogen-bond acceptors (Lipinski definition) is 1. The van der Waals surface area contributed by atoms with E-state index in [9.17, 15) is 0 Å². The van der Waals surface area contributed by atoms with E-state index >= 15 is 0 Å². The predicted octanol–water partition coefficient (Wildman–Crippen LogP) is 4.56. The van der Waals surface area contributed by atoms with Crippen LogP contribution < -0.4 is 5.32 Å². The average Bonchev–Trinajstić information content (AvgIpc) is 2.19. The first-order valence-corrected chi connectivity index (χ1v) is 5.99. The molecule has 0 saturated heterocycles. The van der Waals surface area contributed by atoms with Gasteiger partial charge in [0.2, 0.25) is 0 Å². The second-order valence-electron chi connectivity index (χ2n) is 3.52. The molecule has 0 heterocycles. The predicted molar refractivity (Wildman–Crippen MR) is 67.1 cm³/mol. The van der Waals surface area contributed by atoms with E-state index in [-0.39, 0.29) is 0 Å². The van der Waals surface area contributed by atoms with Gasteiger partial charge in [0.15, 0.2) is 0 Å². The lowest BCUT2D eigenvalue weighted by Gasteiger charge is -2.11. The molecule has 0 bridgehead atoms. The summed E-state index contributed by atoms with van der Waals surface area (Å²) >= 11 is 9.34. The minimum absolute atomic E-state index is 0.692. The molecule has 0 aliphatic heterocycles. The van der Waals surface area contributed by atoms with Gasteiger partial charge in [0.1, 0.15) is 0 Å². The van der Waals surface area contributed by atoms with Gasteiger partial charge in [0.05, 0.1) is 5.02 Å². The molecule has 1 N–H and O–H groups in total. The Labute approximate surface area is 99.0 Å². The third-order valence-electron chi connectivity index (χ3n) is 2.27. The molecule has 1 aromatic rings. The van der Waals surface area contributed by atoms with Crippen LogP contribution in [-0.4, -0.2) is 6.54 Å². The van der Waals surface area contributed by atoms with Crippen molar-refractivity contribution in [3.63, 3.8) is 0 Å². The number of anilines is 1. The van der Waals surface area contributed by atoms with Gasteiger partial charge in [-0.15, -0.1) is 0 Å². The van der Waals surface area contributed by atoms with Crippen LogP contribution in [0.3, 0.4) is 0 Å². The van der Waals surface area contributed by atoms with Crippen LogP contribution in [0.5, 0.6) is 0 Å². The molecule has 0 fully saturated rings. The van der Waals surface area contributed by atoms with Crippen molar-refractivity contribution in [2.45, 2.75) is 20.3 Å². The van der Waals surface area contributed by atoms with Crippen molar-refractivity contribution < 1.29 is 0 Å². The van der Waals surface area contributed by atoms with Crippen LogP contribution in [0.25, 0.3) is 0 Å². The Hall–Kier alpha value is -0.210. The Morgan fingerprint density at radius 2 is 2.21 bits per heavy atom. The lowest BCUT2D eigenvalue weighted by molar-refractivity contribution is 0.593. The number of hydrogen-bond donors (Lipinski definition) is 1. The number of benzene rings is 1. The van der Waals surface area contributed by atoms with Crippen LogP contribution in [0.4, 0.5) is 5.69 Å². The Morgan fingerprint density at radius 3 is 2.79 bits per heavy atom. The first-order valence-electron chi connectivity index (χ1n) is 4.82. The molecule has 0 aliphatic carbocycles. The Kier molecular flexibility index (Phi) is 4.76.